The molecule has 1 nitrogen and oxygen atoms in total. The Morgan fingerprint density at radius 2 is 1.85 bits per heavy atom. The van der Waals surface area contributed by atoms with Crippen LogP contribution in [0.3, 0.4) is 0 Å². The molecule has 0 saturated heterocycles. The fourth-order valence-electron chi connectivity index (χ4n) is 0.918. The van der Waals surface area contributed by atoms with Crippen molar-refractivity contribution < 1.29 is 8.78 Å². The molecule has 1 rings (SSSR count). The van der Waals surface area contributed by atoms with Crippen molar-refractivity contribution in [1.82, 2.24) is 0 Å². The molecular weight excluding hydrogens is 172 g/mol. The van der Waals surface area contributed by atoms with E-state index in [0.29, 0.717) is 0 Å². The minimum absolute atomic E-state index is 0.0419. The van der Waals surface area contributed by atoms with Crippen molar-refractivity contribution in [3.63, 3.8) is 0 Å². The molecule has 0 aliphatic heterocycles. The van der Waals surface area contributed by atoms with Gasteiger partial charge in [0.15, 0.2) is 0 Å². The summed E-state index contributed by atoms with van der Waals surface area (Å²) >= 11 is 0. The van der Waals surface area contributed by atoms with E-state index in [2.05, 4.69) is 0 Å². The molecule has 0 fully saturated rings. The Hall–Kier alpha value is -1.22. The number of rotatable bonds is 2. The molecule has 0 aliphatic rings. The van der Waals surface area contributed by atoms with E-state index in [-0.39, 0.29) is 11.6 Å². The lowest BCUT2D eigenvalue weighted by Gasteiger charge is -1.99. The first-order valence-corrected chi connectivity index (χ1v) is 3.99. The highest BCUT2D eigenvalue weighted by atomic mass is 19.1. The molecule has 0 aromatic heterocycles. The van der Waals surface area contributed by atoms with Crippen LogP contribution in [0.2, 0.25) is 0 Å². The second kappa shape index (κ2) is 4.14. The van der Waals surface area contributed by atoms with Crippen LogP contribution in [-0.2, 0) is 0 Å². The highest BCUT2D eigenvalue weighted by molar-refractivity contribution is 5.51. The second-order valence-electron chi connectivity index (χ2n) is 2.85. The smallest absolute Gasteiger partial charge is 0.133 e. The van der Waals surface area contributed by atoms with Crippen LogP contribution >= 0.6 is 0 Å². The molecule has 0 radical (unpaired) electrons. The fraction of sp³-hybridized carbons (Fsp3) is 0.200. The highest BCUT2D eigenvalue weighted by Crippen LogP contribution is 2.13. The molecule has 13 heavy (non-hydrogen) atoms. The van der Waals surface area contributed by atoms with Crippen molar-refractivity contribution in [2.75, 3.05) is 0 Å². The molecule has 1 aromatic carbocycles. The van der Waals surface area contributed by atoms with E-state index in [1.807, 2.05) is 0 Å². The van der Waals surface area contributed by atoms with E-state index < -0.39 is 11.6 Å². The van der Waals surface area contributed by atoms with Crippen LogP contribution < -0.4 is 5.73 Å². The second-order valence-corrected chi connectivity index (χ2v) is 2.85. The van der Waals surface area contributed by atoms with Crippen molar-refractivity contribution in [2.45, 2.75) is 13.0 Å². The lowest BCUT2D eigenvalue weighted by Crippen LogP contribution is -2.10. The Balaban J connectivity index is 3.00. The van der Waals surface area contributed by atoms with Gasteiger partial charge in [0, 0.05) is 11.6 Å². The molecule has 1 aromatic rings. The first kappa shape index (κ1) is 9.86. The maximum Gasteiger partial charge on any atom is 0.133 e. The summed E-state index contributed by atoms with van der Waals surface area (Å²) in [6, 6.07) is 3.54. The average molecular weight is 183 g/mol. The van der Waals surface area contributed by atoms with Gasteiger partial charge in [0.25, 0.3) is 0 Å². The SMILES string of the molecule is CC(N)/C=C/c1c(F)cccc1F. The third-order valence-electron chi connectivity index (χ3n) is 1.57. The zero-order valence-electron chi connectivity index (χ0n) is 7.30. The van der Waals surface area contributed by atoms with Crippen molar-refractivity contribution in [3.8, 4) is 0 Å². The summed E-state index contributed by atoms with van der Waals surface area (Å²) in [5.74, 6) is -1.14. The van der Waals surface area contributed by atoms with E-state index in [1.165, 1.54) is 24.3 Å². The van der Waals surface area contributed by atoms with Gasteiger partial charge in [0.1, 0.15) is 11.6 Å². The molecule has 0 spiro atoms. The number of halogens is 2. The van der Waals surface area contributed by atoms with Crippen LogP contribution in [0, 0.1) is 11.6 Å². The Morgan fingerprint density at radius 1 is 1.31 bits per heavy atom. The van der Waals surface area contributed by atoms with Crippen molar-refractivity contribution in [3.05, 3.63) is 41.5 Å². The van der Waals surface area contributed by atoms with E-state index >= 15 is 0 Å². The monoisotopic (exact) mass is 183 g/mol. The normalized spacial score (nSPS) is 13.5. The molecule has 0 aliphatic carbocycles. The number of hydrogen-bond donors (Lipinski definition) is 1. The third kappa shape index (κ3) is 2.63. The highest BCUT2D eigenvalue weighted by Gasteiger charge is 2.03. The Kier molecular flexibility index (Phi) is 3.14. The predicted molar refractivity (Wildman–Crippen MR) is 49.0 cm³/mol. The first-order chi connectivity index (χ1) is 6.11. The van der Waals surface area contributed by atoms with Gasteiger partial charge in [-0.3, -0.25) is 0 Å². The van der Waals surface area contributed by atoms with Crippen LogP contribution in [-0.4, -0.2) is 6.04 Å². The quantitative estimate of drug-likeness (QED) is 0.748. The molecule has 0 heterocycles. The summed E-state index contributed by atoms with van der Waals surface area (Å²) in [5, 5.41) is 0. The minimum atomic E-state index is -0.572. The predicted octanol–water partition coefficient (Wildman–Crippen LogP) is 2.33. The molecule has 3 heteroatoms. The summed E-state index contributed by atoms with van der Waals surface area (Å²) in [5.41, 5.74) is 5.37. The summed E-state index contributed by atoms with van der Waals surface area (Å²) in [6.07, 6.45) is 2.90. The summed E-state index contributed by atoms with van der Waals surface area (Å²) in [6.45, 7) is 1.73. The fourth-order valence-corrected chi connectivity index (χ4v) is 0.918. The molecular formula is C10H11F2N. The molecule has 0 saturated carbocycles. The summed E-state index contributed by atoms with van der Waals surface area (Å²) in [4.78, 5) is 0. The van der Waals surface area contributed by atoms with Crippen LogP contribution in [0.5, 0.6) is 0 Å². The van der Waals surface area contributed by atoms with Gasteiger partial charge in [-0.2, -0.15) is 0 Å². The van der Waals surface area contributed by atoms with Gasteiger partial charge in [-0.15, -0.1) is 0 Å². The van der Waals surface area contributed by atoms with Crippen molar-refractivity contribution >= 4 is 6.08 Å². The largest absolute Gasteiger partial charge is 0.325 e. The van der Waals surface area contributed by atoms with Crippen LogP contribution in [0.15, 0.2) is 24.3 Å². The van der Waals surface area contributed by atoms with Crippen molar-refractivity contribution in [2.24, 2.45) is 5.73 Å². The van der Waals surface area contributed by atoms with Gasteiger partial charge in [-0.25, -0.2) is 8.78 Å². The Bertz CT molecular complexity index is 298. The summed E-state index contributed by atoms with van der Waals surface area (Å²) in [7, 11) is 0. The van der Waals surface area contributed by atoms with E-state index in [9.17, 15) is 8.78 Å². The number of nitrogens with two attached hydrogens (primary N) is 1. The molecule has 1 atom stereocenters. The molecule has 2 N–H and O–H groups in total. The zero-order valence-corrected chi connectivity index (χ0v) is 7.30. The topological polar surface area (TPSA) is 26.0 Å². The maximum atomic E-state index is 13.0. The molecule has 0 bridgehead atoms. The van der Waals surface area contributed by atoms with Gasteiger partial charge in [0.2, 0.25) is 0 Å². The lowest BCUT2D eigenvalue weighted by molar-refractivity contribution is 0.578. The van der Waals surface area contributed by atoms with Gasteiger partial charge in [-0.05, 0) is 19.1 Å². The lowest BCUT2D eigenvalue weighted by atomic mass is 10.1. The average Bonchev–Trinajstić information content (AvgIpc) is 2.03. The van der Waals surface area contributed by atoms with Gasteiger partial charge < -0.3 is 5.73 Å². The van der Waals surface area contributed by atoms with Gasteiger partial charge in [-0.1, -0.05) is 18.2 Å². The number of benzene rings is 1. The van der Waals surface area contributed by atoms with Crippen LogP contribution in [0.1, 0.15) is 12.5 Å². The van der Waals surface area contributed by atoms with Crippen LogP contribution in [0.4, 0.5) is 8.78 Å². The minimum Gasteiger partial charge on any atom is -0.325 e. The molecule has 70 valence electrons. The van der Waals surface area contributed by atoms with Crippen LogP contribution in [0.25, 0.3) is 6.08 Å². The summed E-state index contributed by atoms with van der Waals surface area (Å²) < 4.78 is 25.9. The maximum absolute atomic E-state index is 13.0. The van der Waals surface area contributed by atoms with E-state index in [0.717, 1.165) is 0 Å². The first-order valence-electron chi connectivity index (χ1n) is 3.99. The third-order valence-corrected chi connectivity index (χ3v) is 1.57. The van der Waals surface area contributed by atoms with Gasteiger partial charge in [0.05, 0.1) is 0 Å². The van der Waals surface area contributed by atoms with E-state index in [1.54, 1.807) is 13.0 Å². The van der Waals surface area contributed by atoms with Crippen molar-refractivity contribution in [1.29, 1.82) is 0 Å². The zero-order chi connectivity index (χ0) is 9.84. The Labute approximate surface area is 75.9 Å². The number of hydrogen-bond acceptors (Lipinski definition) is 1. The standard InChI is InChI=1S/C10H11F2N/c1-7(13)5-6-8-9(11)3-2-4-10(8)12/h2-7H,13H2,1H3/b6-5+. The van der Waals surface area contributed by atoms with Gasteiger partial charge >= 0.3 is 0 Å². The Morgan fingerprint density at radius 3 is 2.31 bits per heavy atom. The molecule has 1 unspecified atom stereocenters. The van der Waals surface area contributed by atoms with E-state index in [4.69, 9.17) is 5.73 Å². The molecule has 0 amide bonds.